The Balaban J connectivity index is 1.81. The lowest BCUT2D eigenvalue weighted by atomic mass is 9.95. The van der Waals surface area contributed by atoms with Crippen LogP contribution >= 0.6 is 0 Å². The van der Waals surface area contributed by atoms with Gasteiger partial charge in [-0.05, 0) is 21.5 Å². The van der Waals surface area contributed by atoms with E-state index < -0.39 is 0 Å². The number of aromatic nitrogens is 2. The van der Waals surface area contributed by atoms with Crippen LogP contribution < -0.4 is 0 Å². The Morgan fingerprint density at radius 1 is 0.600 bits per heavy atom. The van der Waals surface area contributed by atoms with E-state index in [1.54, 1.807) is 6.33 Å². The van der Waals surface area contributed by atoms with Crippen molar-refractivity contribution >= 4 is 21.5 Å². The van der Waals surface area contributed by atoms with E-state index in [0.29, 0.717) is 0 Å². The third-order valence-electron chi connectivity index (χ3n) is 4.74. The van der Waals surface area contributed by atoms with Crippen LogP contribution in [-0.4, -0.2) is 9.97 Å². The van der Waals surface area contributed by atoms with Crippen LogP contribution in [0.15, 0.2) is 91.3 Å². The zero-order chi connectivity index (χ0) is 16.6. The molecule has 4 aromatic carbocycles. The molecular weight excluding hydrogens is 304 g/mol. The standard InChI is InChI=1S/C23H16N2/c1-2-8-17(9-3-1)22-23(25-15-24-22)21-12-6-11-19-18-10-5-4-7-16(18)13-14-20(19)21/h1-15H,(H,24,25). The summed E-state index contributed by atoms with van der Waals surface area (Å²) in [7, 11) is 0. The number of hydrogen-bond donors (Lipinski definition) is 1. The number of H-pyrrole nitrogens is 1. The van der Waals surface area contributed by atoms with E-state index in [1.165, 1.54) is 21.5 Å². The van der Waals surface area contributed by atoms with Crippen molar-refractivity contribution in [2.75, 3.05) is 0 Å². The maximum Gasteiger partial charge on any atom is 0.0967 e. The quantitative estimate of drug-likeness (QED) is 0.394. The van der Waals surface area contributed by atoms with Gasteiger partial charge in [-0.3, -0.25) is 0 Å². The minimum Gasteiger partial charge on any atom is -0.344 e. The normalized spacial score (nSPS) is 11.2. The first-order valence-electron chi connectivity index (χ1n) is 8.41. The smallest absolute Gasteiger partial charge is 0.0967 e. The molecule has 25 heavy (non-hydrogen) atoms. The summed E-state index contributed by atoms with van der Waals surface area (Å²) in [5.41, 5.74) is 4.35. The predicted octanol–water partition coefficient (Wildman–Crippen LogP) is 6.05. The van der Waals surface area contributed by atoms with E-state index in [1.807, 2.05) is 6.07 Å². The monoisotopic (exact) mass is 320 g/mol. The number of nitrogens with zero attached hydrogens (tertiary/aromatic N) is 1. The van der Waals surface area contributed by atoms with Gasteiger partial charge in [0.05, 0.1) is 17.7 Å². The first-order chi connectivity index (χ1) is 12.4. The maximum atomic E-state index is 4.64. The molecule has 2 heteroatoms. The topological polar surface area (TPSA) is 28.7 Å². The summed E-state index contributed by atoms with van der Waals surface area (Å²) in [6.45, 7) is 0. The number of hydrogen-bond acceptors (Lipinski definition) is 1. The minimum absolute atomic E-state index is 0.993. The van der Waals surface area contributed by atoms with Crippen molar-refractivity contribution in [3.8, 4) is 22.5 Å². The lowest BCUT2D eigenvalue weighted by Gasteiger charge is -2.09. The Hall–Kier alpha value is -3.39. The van der Waals surface area contributed by atoms with Crippen LogP contribution in [0.2, 0.25) is 0 Å². The highest BCUT2D eigenvalue weighted by molar-refractivity contribution is 6.12. The van der Waals surface area contributed by atoms with E-state index in [9.17, 15) is 0 Å². The van der Waals surface area contributed by atoms with Gasteiger partial charge in [-0.15, -0.1) is 0 Å². The van der Waals surface area contributed by atoms with Gasteiger partial charge in [0.2, 0.25) is 0 Å². The Morgan fingerprint density at radius 2 is 1.40 bits per heavy atom. The van der Waals surface area contributed by atoms with Crippen molar-refractivity contribution in [1.29, 1.82) is 0 Å². The van der Waals surface area contributed by atoms with Gasteiger partial charge in [0.15, 0.2) is 0 Å². The Bertz CT molecular complexity index is 1190. The van der Waals surface area contributed by atoms with Crippen molar-refractivity contribution in [3.05, 3.63) is 91.3 Å². The molecule has 0 aliphatic carbocycles. The molecule has 1 aromatic heterocycles. The number of nitrogens with one attached hydrogen (secondary N) is 1. The highest BCUT2D eigenvalue weighted by atomic mass is 14.9. The molecule has 0 unspecified atom stereocenters. The SMILES string of the molecule is c1ccc(-c2[nH]cnc2-c2cccc3c2ccc2ccccc23)cc1. The molecule has 5 aromatic rings. The molecule has 0 aliphatic rings. The molecular formula is C23H16N2. The van der Waals surface area contributed by atoms with Crippen LogP contribution in [0.25, 0.3) is 44.1 Å². The number of benzene rings is 4. The van der Waals surface area contributed by atoms with E-state index in [0.717, 1.165) is 22.5 Å². The number of rotatable bonds is 2. The van der Waals surface area contributed by atoms with Gasteiger partial charge in [-0.1, -0.05) is 84.9 Å². The second kappa shape index (κ2) is 5.60. The molecule has 2 nitrogen and oxygen atoms in total. The average Bonchev–Trinajstić information content (AvgIpc) is 3.17. The molecule has 0 saturated heterocycles. The van der Waals surface area contributed by atoms with Gasteiger partial charge >= 0.3 is 0 Å². The Kier molecular flexibility index (Phi) is 3.14. The summed E-state index contributed by atoms with van der Waals surface area (Å²) in [5.74, 6) is 0. The third kappa shape index (κ3) is 2.23. The molecule has 0 bridgehead atoms. The molecule has 118 valence electrons. The molecule has 0 saturated carbocycles. The molecule has 0 atom stereocenters. The fourth-order valence-electron chi connectivity index (χ4n) is 3.57. The third-order valence-corrected chi connectivity index (χ3v) is 4.74. The van der Waals surface area contributed by atoms with Crippen molar-refractivity contribution < 1.29 is 0 Å². The highest BCUT2D eigenvalue weighted by Crippen LogP contribution is 2.36. The van der Waals surface area contributed by atoms with Crippen molar-refractivity contribution in [2.24, 2.45) is 0 Å². The fourth-order valence-corrected chi connectivity index (χ4v) is 3.57. The highest BCUT2D eigenvalue weighted by Gasteiger charge is 2.13. The number of fused-ring (bicyclic) bond motifs is 3. The summed E-state index contributed by atoms with van der Waals surface area (Å²) in [6, 6.07) is 29.7. The van der Waals surface area contributed by atoms with Gasteiger partial charge in [-0.25, -0.2) is 4.98 Å². The van der Waals surface area contributed by atoms with E-state index in [2.05, 4.69) is 88.8 Å². The van der Waals surface area contributed by atoms with Gasteiger partial charge < -0.3 is 4.98 Å². The van der Waals surface area contributed by atoms with Crippen molar-refractivity contribution in [1.82, 2.24) is 9.97 Å². The van der Waals surface area contributed by atoms with E-state index >= 15 is 0 Å². The second-order valence-electron chi connectivity index (χ2n) is 6.18. The lowest BCUT2D eigenvalue weighted by molar-refractivity contribution is 1.31. The first kappa shape index (κ1) is 14.0. The number of aromatic amines is 1. The van der Waals surface area contributed by atoms with Crippen molar-refractivity contribution in [2.45, 2.75) is 0 Å². The fraction of sp³-hybridized carbons (Fsp3) is 0. The lowest BCUT2D eigenvalue weighted by Crippen LogP contribution is -1.87. The van der Waals surface area contributed by atoms with Crippen LogP contribution in [0.4, 0.5) is 0 Å². The summed E-state index contributed by atoms with van der Waals surface area (Å²) in [5, 5.41) is 5.03. The Labute approximate surface area is 145 Å². The second-order valence-corrected chi connectivity index (χ2v) is 6.18. The van der Waals surface area contributed by atoms with Crippen LogP contribution in [0.5, 0.6) is 0 Å². The van der Waals surface area contributed by atoms with Gasteiger partial charge in [0, 0.05) is 11.1 Å². The zero-order valence-electron chi connectivity index (χ0n) is 13.6. The first-order valence-corrected chi connectivity index (χ1v) is 8.41. The molecule has 1 N–H and O–H groups in total. The molecule has 0 amide bonds. The molecule has 0 spiro atoms. The summed E-state index contributed by atoms with van der Waals surface area (Å²) >= 11 is 0. The molecule has 5 rings (SSSR count). The predicted molar refractivity (Wildman–Crippen MR) is 104 cm³/mol. The average molecular weight is 320 g/mol. The van der Waals surface area contributed by atoms with Gasteiger partial charge in [-0.2, -0.15) is 0 Å². The zero-order valence-corrected chi connectivity index (χ0v) is 13.6. The van der Waals surface area contributed by atoms with Crippen LogP contribution in [-0.2, 0) is 0 Å². The molecule has 0 aliphatic heterocycles. The molecule has 1 heterocycles. The van der Waals surface area contributed by atoms with Crippen molar-refractivity contribution in [3.63, 3.8) is 0 Å². The minimum atomic E-state index is 0.993. The van der Waals surface area contributed by atoms with Gasteiger partial charge in [0.1, 0.15) is 0 Å². The largest absolute Gasteiger partial charge is 0.344 e. The molecule has 0 fully saturated rings. The van der Waals surface area contributed by atoms with E-state index in [4.69, 9.17) is 0 Å². The Morgan fingerprint density at radius 3 is 2.32 bits per heavy atom. The summed E-state index contributed by atoms with van der Waals surface area (Å²) in [4.78, 5) is 7.95. The maximum absolute atomic E-state index is 4.64. The summed E-state index contributed by atoms with van der Waals surface area (Å²) in [6.07, 6.45) is 1.78. The van der Waals surface area contributed by atoms with Crippen LogP contribution in [0.1, 0.15) is 0 Å². The van der Waals surface area contributed by atoms with E-state index in [-0.39, 0.29) is 0 Å². The summed E-state index contributed by atoms with van der Waals surface area (Å²) < 4.78 is 0. The number of imidazole rings is 1. The van der Waals surface area contributed by atoms with Crippen LogP contribution in [0, 0.1) is 0 Å². The van der Waals surface area contributed by atoms with Gasteiger partial charge in [0.25, 0.3) is 0 Å². The molecule has 0 radical (unpaired) electrons. The van der Waals surface area contributed by atoms with Crippen LogP contribution in [0.3, 0.4) is 0 Å².